The number of nitrogens with one attached hydrogen (secondary N) is 1. The van der Waals surface area contributed by atoms with Crippen molar-refractivity contribution in [2.75, 3.05) is 6.54 Å². The molecule has 5 heteroatoms. The van der Waals surface area contributed by atoms with E-state index in [0.29, 0.717) is 5.56 Å². The van der Waals surface area contributed by atoms with Gasteiger partial charge in [0, 0.05) is 18.4 Å². The molecule has 1 amide bonds. The van der Waals surface area contributed by atoms with Crippen molar-refractivity contribution < 1.29 is 19.5 Å². The number of benzene rings is 1. The zero-order valence-electron chi connectivity index (χ0n) is 11.9. The number of ketones is 1. The molecule has 2 rings (SSSR count). The van der Waals surface area contributed by atoms with E-state index in [2.05, 4.69) is 5.32 Å². The quantitative estimate of drug-likeness (QED) is 0.781. The Hall–Kier alpha value is -2.17. The number of carbonyl (C=O) groups excluding carboxylic acids is 2. The standard InChI is InChI=1S/C16H19NO4/c18-14(7-8-15(19)17-10-16(20)21)13-6-5-11-3-1-2-4-12(11)9-13/h5-6,9H,1-4,7-8,10H2,(H,17,19)(H,20,21). The summed E-state index contributed by atoms with van der Waals surface area (Å²) in [6, 6.07) is 5.76. The first-order chi connectivity index (χ1) is 10.1. The fourth-order valence-electron chi connectivity index (χ4n) is 2.54. The van der Waals surface area contributed by atoms with Gasteiger partial charge in [-0.05, 0) is 42.9 Å². The first-order valence-electron chi connectivity index (χ1n) is 7.20. The first kappa shape index (κ1) is 15.2. The van der Waals surface area contributed by atoms with E-state index >= 15 is 0 Å². The Balaban J connectivity index is 1.88. The van der Waals surface area contributed by atoms with E-state index < -0.39 is 18.4 Å². The average molecular weight is 289 g/mol. The zero-order chi connectivity index (χ0) is 15.2. The van der Waals surface area contributed by atoms with E-state index in [1.165, 1.54) is 17.5 Å². The fourth-order valence-corrected chi connectivity index (χ4v) is 2.54. The highest BCUT2D eigenvalue weighted by Gasteiger charge is 2.14. The maximum atomic E-state index is 12.1. The molecule has 2 N–H and O–H groups in total. The predicted molar refractivity (Wildman–Crippen MR) is 77.3 cm³/mol. The molecule has 5 nitrogen and oxygen atoms in total. The van der Waals surface area contributed by atoms with Crippen LogP contribution in [-0.2, 0) is 22.4 Å². The van der Waals surface area contributed by atoms with Crippen LogP contribution in [0.4, 0.5) is 0 Å². The summed E-state index contributed by atoms with van der Waals surface area (Å²) in [4.78, 5) is 33.8. The molecule has 0 bridgehead atoms. The molecule has 112 valence electrons. The van der Waals surface area contributed by atoms with Crippen molar-refractivity contribution in [2.45, 2.75) is 38.5 Å². The van der Waals surface area contributed by atoms with Crippen LogP contribution < -0.4 is 5.32 Å². The lowest BCUT2D eigenvalue weighted by Gasteiger charge is -2.16. The number of amides is 1. The molecule has 0 saturated heterocycles. The first-order valence-corrected chi connectivity index (χ1v) is 7.20. The highest BCUT2D eigenvalue weighted by atomic mass is 16.4. The minimum absolute atomic E-state index is 0.0171. The van der Waals surface area contributed by atoms with Gasteiger partial charge < -0.3 is 10.4 Å². The van der Waals surface area contributed by atoms with Crippen molar-refractivity contribution in [1.82, 2.24) is 5.32 Å². The van der Waals surface area contributed by atoms with E-state index in [0.717, 1.165) is 19.3 Å². The second-order valence-electron chi connectivity index (χ2n) is 5.28. The topological polar surface area (TPSA) is 83.5 Å². The number of carbonyl (C=O) groups is 3. The SMILES string of the molecule is O=C(O)CNC(=O)CCC(=O)c1ccc2c(c1)CCCC2. The predicted octanol–water partition coefficient (Wildman–Crippen LogP) is 1.73. The molecule has 0 aromatic heterocycles. The zero-order valence-corrected chi connectivity index (χ0v) is 11.9. The fraction of sp³-hybridized carbons (Fsp3) is 0.438. The summed E-state index contributed by atoms with van der Waals surface area (Å²) >= 11 is 0. The van der Waals surface area contributed by atoms with E-state index in [9.17, 15) is 14.4 Å². The monoisotopic (exact) mass is 289 g/mol. The number of fused-ring (bicyclic) bond motifs is 1. The maximum absolute atomic E-state index is 12.1. The molecule has 21 heavy (non-hydrogen) atoms. The summed E-state index contributed by atoms with van der Waals surface area (Å²) in [6.45, 7) is -0.411. The van der Waals surface area contributed by atoms with Gasteiger partial charge >= 0.3 is 5.97 Å². The third-order valence-corrected chi connectivity index (χ3v) is 3.69. The number of hydrogen-bond acceptors (Lipinski definition) is 3. The van der Waals surface area contributed by atoms with Gasteiger partial charge in [-0.1, -0.05) is 12.1 Å². The van der Waals surface area contributed by atoms with Gasteiger partial charge in [0.05, 0.1) is 0 Å². The number of aliphatic carboxylic acids is 1. The van der Waals surface area contributed by atoms with Gasteiger partial charge in [-0.2, -0.15) is 0 Å². The molecule has 0 aliphatic heterocycles. The van der Waals surface area contributed by atoms with Gasteiger partial charge in [0.1, 0.15) is 6.54 Å². The van der Waals surface area contributed by atoms with Crippen molar-refractivity contribution in [3.05, 3.63) is 34.9 Å². The molecule has 0 unspecified atom stereocenters. The molecular formula is C16H19NO4. The number of carboxylic acid groups (broad SMARTS) is 1. The molecule has 0 atom stereocenters. The van der Waals surface area contributed by atoms with Crippen LogP contribution in [0.5, 0.6) is 0 Å². The van der Waals surface area contributed by atoms with Crippen molar-refractivity contribution >= 4 is 17.7 Å². The Morgan fingerprint density at radius 1 is 1.05 bits per heavy atom. The van der Waals surface area contributed by atoms with Crippen LogP contribution in [0.25, 0.3) is 0 Å². The Bertz CT molecular complexity index is 565. The van der Waals surface area contributed by atoms with Crippen molar-refractivity contribution in [3.8, 4) is 0 Å². The van der Waals surface area contributed by atoms with E-state index in [4.69, 9.17) is 5.11 Å². The van der Waals surface area contributed by atoms with Crippen LogP contribution in [-0.4, -0.2) is 29.3 Å². The number of carboxylic acids is 1. The molecular weight excluding hydrogens is 270 g/mol. The number of hydrogen-bond donors (Lipinski definition) is 2. The maximum Gasteiger partial charge on any atom is 0.322 e. The Kier molecular flexibility index (Phi) is 5.09. The lowest BCUT2D eigenvalue weighted by atomic mass is 9.89. The Morgan fingerprint density at radius 2 is 1.76 bits per heavy atom. The van der Waals surface area contributed by atoms with Gasteiger partial charge in [-0.15, -0.1) is 0 Å². The molecule has 1 aliphatic rings. The number of Topliss-reactive ketones (excluding diaryl/α,β-unsaturated/α-hetero) is 1. The summed E-state index contributed by atoms with van der Waals surface area (Å²) in [7, 11) is 0. The largest absolute Gasteiger partial charge is 0.480 e. The van der Waals surface area contributed by atoms with Crippen LogP contribution >= 0.6 is 0 Å². The van der Waals surface area contributed by atoms with Crippen molar-refractivity contribution in [2.24, 2.45) is 0 Å². The average Bonchev–Trinajstić information content (AvgIpc) is 2.50. The molecule has 0 fully saturated rings. The van der Waals surface area contributed by atoms with Gasteiger partial charge in [0.2, 0.25) is 5.91 Å². The molecule has 0 radical (unpaired) electrons. The summed E-state index contributed by atoms with van der Waals surface area (Å²) in [5, 5.41) is 10.7. The minimum atomic E-state index is -1.09. The molecule has 1 aromatic rings. The lowest BCUT2D eigenvalue weighted by Crippen LogP contribution is -2.29. The smallest absolute Gasteiger partial charge is 0.322 e. The molecule has 0 spiro atoms. The summed E-state index contributed by atoms with van der Waals surface area (Å²) in [5.41, 5.74) is 3.20. The van der Waals surface area contributed by atoms with Gasteiger partial charge in [-0.25, -0.2) is 0 Å². The van der Waals surface area contributed by atoms with Gasteiger partial charge in [-0.3, -0.25) is 14.4 Å². The van der Waals surface area contributed by atoms with Crippen molar-refractivity contribution in [3.63, 3.8) is 0 Å². The summed E-state index contributed by atoms with van der Waals surface area (Å²) in [6.07, 6.45) is 4.55. The Labute approximate surface area is 123 Å². The number of aryl methyl sites for hydroxylation is 2. The molecule has 1 aliphatic carbocycles. The van der Waals surface area contributed by atoms with Crippen LogP contribution in [0.2, 0.25) is 0 Å². The lowest BCUT2D eigenvalue weighted by molar-refractivity contribution is -0.137. The minimum Gasteiger partial charge on any atom is -0.480 e. The van der Waals surface area contributed by atoms with E-state index in [1.54, 1.807) is 0 Å². The van der Waals surface area contributed by atoms with E-state index in [1.807, 2.05) is 18.2 Å². The third-order valence-electron chi connectivity index (χ3n) is 3.69. The molecule has 0 saturated carbocycles. The number of rotatable bonds is 6. The van der Waals surface area contributed by atoms with Crippen molar-refractivity contribution in [1.29, 1.82) is 0 Å². The summed E-state index contributed by atoms with van der Waals surface area (Å²) < 4.78 is 0. The second-order valence-corrected chi connectivity index (χ2v) is 5.28. The molecule has 1 aromatic carbocycles. The highest BCUT2D eigenvalue weighted by Crippen LogP contribution is 2.22. The normalized spacial score (nSPS) is 13.3. The van der Waals surface area contributed by atoms with Crippen LogP contribution in [0, 0.1) is 0 Å². The van der Waals surface area contributed by atoms with Crippen LogP contribution in [0.3, 0.4) is 0 Å². The summed E-state index contributed by atoms with van der Waals surface area (Å²) in [5.74, 6) is -1.58. The highest BCUT2D eigenvalue weighted by molar-refractivity contribution is 5.98. The van der Waals surface area contributed by atoms with Crippen LogP contribution in [0.1, 0.15) is 47.2 Å². The third kappa shape index (κ3) is 4.41. The van der Waals surface area contributed by atoms with Crippen LogP contribution in [0.15, 0.2) is 18.2 Å². The molecule has 0 heterocycles. The Morgan fingerprint density at radius 3 is 2.48 bits per heavy atom. The van der Waals surface area contributed by atoms with Gasteiger partial charge in [0.15, 0.2) is 5.78 Å². The van der Waals surface area contributed by atoms with Gasteiger partial charge in [0.25, 0.3) is 0 Å². The second kappa shape index (κ2) is 7.02. The van der Waals surface area contributed by atoms with E-state index in [-0.39, 0.29) is 18.6 Å².